The first-order valence-electron chi connectivity index (χ1n) is 5.10. The summed E-state index contributed by atoms with van der Waals surface area (Å²) in [4.78, 5) is 15.3. The van der Waals surface area contributed by atoms with Gasteiger partial charge in [0.15, 0.2) is 0 Å². The molecular formula is C11H8F3N3OS. The first-order valence-corrected chi connectivity index (χ1v) is 5.91. The fourth-order valence-electron chi connectivity index (χ4n) is 1.34. The van der Waals surface area contributed by atoms with Crippen LogP contribution in [0.4, 0.5) is 23.7 Å². The van der Waals surface area contributed by atoms with Gasteiger partial charge in [-0.25, -0.2) is 9.78 Å². The smallest absolute Gasteiger partial charge is 0.306 e. The van der Waals surface area contributed by atoms with Crippen molar-refractivity contribution < 1.29 is 18.0 Å². The zero-order chi connectivity index (χ0) is 13.9. The third-order valence-corrected chi connectivity index (χ3v) is 2.90. The minimum absolute atomic E-state index is 0.0662. The van der Waals surface area contributed by atoms with Crippen molar-refractivity contribution in [1.82, 2.24) is 9.55 Å². The third kappa shape index (κ3) is 3.75. The molecule has 0 saturated carbocycles. The maximum atomic E-state index is 12.4. The first kappa shape index (κ1) is 13.5. The topological polar surface area (TPSA) is 46.9 Å². The van der Waals surface area contributed by atoms with Crippen molar-refractivity contribution in [3.63, 3.8) is 0 Å². The summed E-state index contributed by atoms with van der Waals surface area (Å²) in [6.07, 6.45) is 4.06. The molecule has 1 aromatic heterocycles. The Hall–Kier alpha value is -1.96. The number of aromatic nitrogens is 2. The van der Waals surface area contributed by atoms with Crippen molar-refractivity contribution in [2.45, 2.75) is 10.4 Å². The number of thioether (sulfide) groups is 1. The Morgan fingerprint density at radius 2 is 2.05 bits per heavy atom. The predicted molar refractivity (Wildman–Crippen MR) is 65.0 cm³/mol. The van der Waals surface area contributed by atoms with Gasteiger partial charge in [0.2, 0.25) is 0 Å². The van der Waals surface area contributed by atoms with Gasteiger partial charge in [0, 0.05) is 17.3 Å². The molecule has 1 aromatic carbocycles. The van der Waals surface area contributed by atoms with Gasteiger partial charge in [-0.3, -0.25) is 4.57 Å². The Morgan fingerprint density at radius 3 is 2.68 bits per heavy atom. The van der Waals surface area contributed by atoms with E-state index in [1.54, 1.807) is 6.07 Å². The number of alkyl halides is 3. The molecule has 2 rings (SSSR count). The second kappa shape index (κ2) is 5.35. The van der Waals surface area contributed by atoms with Crippen LogP contribution in [0.2, 0.25) is 0 Å². The van der Waals surface area contributed by atoms with Gasteiger partial charge in [0.25, 0.3) is 0 Å². The summed E-state index contributed by atoms with van der Waals surface area (Å²) in [5.41, 5.74) is -4.31. The van der Waals surface area contributed by atoms with Crippen LogP contribution in [0.3, 0.4) is 0 Å². The summed E-state index contributed by atoms with van der Waals surface area (Å²) < 4.78 is 38.2. The summed E-state index contributed by atoms with van der Waals surface area (Å²) >= 11 is -0.273. The van der Waals surface area contributed by atoms with E-state index in [2.05, 4.69) is 10.3 Å². The standard InChI is InChI=1S/C11H8F3N3OS/c12-11(13,14)19-9-4-2-1-3-8(9)16-10(18)17-6-5-15-7-17/h1-7H,(H,16,18). The molecule has 0 fully saturated rings. The number of anilines is 1. The molecule has 0 spiro atoms. The van der Waals surface area contributed by atoms with Crippen LogP contribution in [0.1, 0.15) is 0 Å². The number of amides is 1. The van der Waals surface area contributed by atoms with E-state index in [1.165, 1.54) is 36.9 Å². The highest BCUT2D eigenvalue weighted by Gasteiger charge is 2.30. The number of para-hydroxylation sites is 1. The second-order valence-electron chi connectivity index (χ2n) is 3.44. The zero-order valence-electron chi connectivity index (χ0n) is 9.39. The predicted octanol–water partition coefficient (Wildman–Crippen LogP) is 3.58. The average molecular weight is 287 g/mol. The summed E-state index contributed by atoms with van der Waals surface area (Å²) in [6, 6.07) is 5.14. The quantitative estimate of drug-likeness (QED) is 0.859. The van der Waals surface area contributed by atoms with E-state index in [4.69, 9.17) is 0 Å². The molecule has 0 radical (unpaired) electrons. The second-order valence-corrected chi connectivity index (χ2v) is 4.55. The molecule has 0 bridgehead atoms. The van der Waals surface area contributed by atoms with Crippen LogP contribution in [0.5, 0.6) is 0 Å². The van der Waals surface area contributed by atoms with Crippen LogP contribution in [-0.2, 0) is 0 Å². The summed E-state index contributed by atoms with van der Waals surface area (Å²) in [6.45, 7) is 0. The van der Waals surface area contributed by atoms with Crippen molar-refractivity contribution in [3.05, 3.63) is 43.0 Å². The molecule has 1 N–H and O–H groups in total. The monoisotopic (exact) mass is 287 g/mol. The zero-order valence-corrected chi connectivity index (χ0v) is 10.2. The van der Waals surface area contributed by atoms with E-state index in [1.807, 2.05) is 0 Å². The number of halogens is 3. The van der Waals surface area contributed by atoms with E-state index in [0.717, 1.165) is 4.57 Å². The Morgan fingerprint density at radius 1 is 1.32 bits per heavy atom. The number of nitrogens with zero attached hydrogens (tertiary/aromatic N) is 2. The fourth-order valence-corrected chi connectivity index (χ4v) is 1.97. The van der Waals surface area contributed by atoms with Gasteiger partial charge in [0.1, 0.15) is 6.33 Å². The van der Waals surface area contributed by atoms with Crippen molar-refractivity contribution in [1.29, 1.82) is 0 Å². The van der Waals surface area contributed by atoms with Crippen molar-refractivity contribution in [2.24, 2.45) is 0 Å². The molecule has 1 amide bonds. The number of hydrogen-bond acceptors (Lipinski definition) is 3. The molecule has 4 nitrogen and oxygen atoms in total. The average Bonchev–Trinajstić information content (AvgIpc) is 2.83. The molecule has 0 atom stereocenters. The maximum Gasteiger partial charge on any atom is 0.446 e. The van der Waals surface area contributed by atoms with Crippen molar-refractivity contribution in [3.8, 4) is 0 Å². The lowest BCUT2D eigenvalue weighted by Gasteiger charge is -2.12. The van der Waals surface area contributed by atoms with E-state index >= 15 is 0 Å². The van der Waals surface area contributed by atoms with Gasteiger partial charge in [-0.2, -0.15) is 13.2 Å². The summed E-state index contributed by atoms with van der Waals surface area (Å²) in [5.74, 6) is 0. The highest BCUT2D eigenvalue weighted by molar-refractivity contribution is 8.00. The largest absolute Gasteiger partial charge is 0.446 e. The van der Waals surface area contributed by atoms with Crippen molar-refractivity contribution >= 4 is 23.5 Å². The molecule has 100 valence electrons. The Labute approximate surface area is 110 Å². The molecule has 2 aromatic rings. The van der Waals surface area contributed by atoms with Crippen LogP contribution in [0, 0.1) is 0 Å². The number of rotatable bonds is 2. The van der Waals surface area contributed by atoms with Gasteiger partial charge in [-0.1, -0.05) is 12.1 Å². The van der Waals surface area contributed by atoms with Gasteiger partial charge in [-0.05, 0) is 23.9 Å². The third-order valence-electron chi connectivity index (χ3n) is 2.09. The Kier molecular flexibility index (Phi) is 3.79. The number of imidazole rings is 1. The van der Waals surface area contributed by atoms with Crippen LogP contribution in [0.25, 0.3) is 0 Å². The molecule has 0 aliphatic carbocycles. The number of nitrogens with one attached hydrogen (secondary N) is 1. The SMILES string of the molecule is O=C(Nc1ccccc1SC(F)(F)F)n1ccnc1. The molecule has 0 aliphatic heterocycles. The fraction of sp³-hybridized carbons (Fsp3) is 0.0909. The van der Waals surface area contributed by atoms with Gasteiger partial charge in [-0.15, -0.1) is 0 Å². The molecule has 1 heterocycles. The lowest BCUT2D eigenvalue weighted by molar-refractivity contribution is -0.0328. The number of carbonyl (C=O) groups is 1. The van der Waals surface area contributed by atoms with Crippen LogP contribution in [0.15, 0.2) is 47.9 Å². The molecule has 0 unspecified atom stereocenters. The molecule has 19 heavy (non-hydrogen) atoms. The summed E-state index contributed by atoms with van der Waals surface area (Å²) in [5, 5.41) is 2.40. The number of carbonyl (C=O) groups excluding carboxylic acids is 1. The number of benzene rings is 1. The Bertz CT molecular complexity index is 569. The molecule has 0 saturated heterocycles. The van der Waals surface area contributed by atoms with Crippen LogP contribution >= 0.6 is 11.8 Å². The van der Waals surface area contributed by atoms with E-state index in [9.17, 15) is 18.0 Å². The molecule has 8 heteroatoms. The highest BCUT2D eigenvalue weighted by atomic mass is 32.2. The normalized spacial score (nSPS) is 11.3. The Balaban J connectivity index is 2.18. The first-order chi connectivity index (χ1) is 8.96. The van der Waals surface area contributed by atoms with Crippen LogP contribution in [-0.4, -0.2) is 21.1 Å². The minimum atomic E-state index is -4.41. The molecule has 0 aliphatic rings. The maximum absolute atomic E-state index is 12.4. The lowest BCUT2D eigenvalue weighted by atomic mass is 10.3. The van der Waals surface area contributed by atoms with E-state index < -0.39 is 11.5 Å². The van der Waals surface area contributed by atoms with Gasteiger partial charge >= 0.3 is 11.5 Å². The van der Waals surface area contributed by atoms with Gasteiger partial charge < -0.3 is 5.32 Å². The summed E-state index contributed by atoms with van der Waals surface area (Å²) in [7, 11) is 0. The van der Waals surface area contributed by atoms with Crippen molar-refractivity contribution in [2.75, 3.05) is 5.32 Å². The van der Waals surface area contributed by atoms with E-state index in [-0.39, 0.29) is 22.3 Å². The molecular weight excluding hydrogens is 279 g/mol. The van der Waals surface area contributed by atoms with E-state index in [0.29, 0.717) is 0 Å². The lowest BCUT2D eigenvalue weighted by Crippen LogP contribution is -2.18. The highest BCUT2D eigenvalue weighted by Crippen LogP contribution is 2.40. The number of hydrogen-bond donors (Lipinski definition) is 1. The minimum Gasteiger partial charge on any atom is -0.306 e. The van der Waals surface area contributed by atoms with Crippen LogP contribution < -0.4 is 5.32 Å². The van der Waals surface area contributed by atoms with Gasteiger partial charge in [0.05, 0.1) is 5.69 Å².